The molecule has 1 aromatic carbocycles. The molecule has 2 aromatic rings. The fourth-order valence-electron chi connectivity index (χ4n) is 5.59. The quantitative estimate of drug-likeness (QED) is 0.382. The maximum atomic E-state index is 13.6. The van der Waals surface area contributed by atoms with E-state index in [9.17, 15) is 31.5 Å². The lowest BCUT2D eigenvalue weighted by molar-refractivity contribution is -0.277. The number of amides is 2. The molecule has 2 unspecified atom stereocenters. The molecule has 2 fully saturated rings. The first-order chi connectivity index (χ1) is 17.9. The zero-order chi connectivity index (χ0) is 27.2. The van der Waals surface area contributed by atoms with Crippen molar-refractivity contribution < 1.29 is 36.2 Å². The highest BCUT2D eigenvalue weighted by molar-refractivity contribution is 7.70. The van der Waals surface area contributed by atoms with Crippen LogP contribution in [0.1, 0.15) is 36.8 Å². The van der Waals surface area contributed by atoms with Crippen LogP contribution < -0.4 is 9.46 Å². The number of nitrogens with zero attached hydrogens (tertiary/aromatic N) is 3. The normalized spacial score (nSPS) is 25.2. The first-order valence-corrected chi connectivity index (χ1v) is 13.7. The minimum absolute atomic E-state index is 0.0175. The van der Waals surface area contributed by atoms with Crippen molar-refractivity contribution in [3.05, 3.63) is 46.7 Å². The molecule has 2 atom stereocenters. The van der Waals surface area contributed by atoms with Gasteiger partial charge in [0.25, 0.3) is 0 Å². The van der Waals surface area contributed by atoms with Crippen LogP contribution in [0.3, 0.4) is 0 Å². The molecule has 2 bridgehead atoms. The molecule has 14 heteroatoms. The monoisotopic (exact) mass is 574 g/mol. The number of piperidine rings is 1. The summed E-state index contributed by atoms with van der Waals surface area (Å²) in [5, 5.41) is 10.4. The molecule has 4 heterocycles. The summed E-state index contributed by atoms with van der Waals surface area (Å²) in [6.45, 7) is 0.650. The lowest BCUT2D eigenvalue weighted by Crippen LogP contribution is -2.60. The van der Waals surface area contributed by atoms with E-state index in [-0.39, 0.29) is 37.4 Å². The third-order valence-electron chi connectivity index (χ3n) is 7.47. The largest absolute Gasteiger partial charge is 0.491 e. The lowest BCUT2D eigenvalue weighted by atomic mass is 9.85. The molecule has 206 valence electrons. The van der Waals surface area contributed by atoms with Gasteiger partial charge in [-0.05, 0) is 36.6 Å². The Kier molecular flexibility index (Phi) is 7.22. The van der Waals surface area contributed by atoms with Gasteiger partial charge in [0.05, 0.1) is 13.1 Å². The number of alkyl halides is 3. The predicted molar refractivity (Wildman–Crippen MR) is 132 cm³/mol. The van der Waals surface area contributed by atoms with Gasteiger partial charge in [-0.15, -0.1) is 0 Å². The van der Waals surface area contributed by atoms with E-state index in [1.807, 2.05) is 12.1 Å². The molecule has 9 nitrogen and oxygen atoms in total. The maximum absolute atomic E-state index is 13.6. The second kappa shape index (κ2) is 10.2. The third-order valence-corrected chi connectivity index (χ3v) is 8.23. The molecule has 0 spiro atoms. The van der Waals surface area contributed by atoms with E-state index in [0.717, 1.165) is 5.56 Å². The number of aromatic nitrogens is 1. The topological polar surface area (TPSA) is 112 Å². The van der Waals surface area contributed by atoms with E-state index in [4.69, 9.17) is 16.3 Å². The smallest absolute Gasteiger partial charge is 0.417 e. The molecule has 2 saturated heterocycles. The van der Waals surface area contributed by atoms with Crippen LogP contribution in [0.15, 0.2) is 30.5 Å². The Morgan fingerprint density at radius 1 is 1.21 bits per heavy atom. The van der Waals surface area contributed by atoms with Crippen LogP contribution in [-0.4, -0.2) is 71.4 Å². The fourth-order valence-corrected chi connectivity index (χ4v) is 6.06. The molecule has 0 saturated carbocycles. The number of carbonyl (C=O) groups is 1. The standard InChI is InChI=1S/C24H26ClF3N4O5S/c25-21-16(12-30-38(35)36)8-15(11-29-21)14-1-4-20-17(7-14)13-31(5-6-37-20)22(33)32-18-2-3-19(32)10-23(34,9-18)24(26,27)28/h1,4,7-8,11,18-19,34,38H,2-3,5-6,9-10,12-13H2,(H,30,35,36). The first kappa shape index (κ1) is 27.0. The van der Waals surface area contributed by atoms with Gasteiger partial charge in [-0.25, -0.2) is 22.9 Å². The summed E-state index contributed by atoms with van der Waals surface area (Å²) in [4.78, 5) is 20.8. The molecule has 1 aromatic heterocycles. The van der Waals surface area contributed by atoms with Crippen LogP contribution in [0.25, 0.3) is 11.1 Å². The number of rotatable bonds is 4. The Balaban J connectivity index is 1.36. The molecule has 3 aliphatic rings. The zero-order valence-electron chi connectivity index (χ0n) is 20.1. The number of ether oxygens (including phenoxy) is 1. The second-order valence-electron chi connectivity index (χ2n) is 9.87. The van der Waals surface area contributed by atoms with Crippen molar-refractivity contribution in [2.24, 2.45) is 0 Å². The fraction of sp³-hybridized carbons (Fsp3) is 0.500. The van der Waals surface area contributed by atoms with Crippen molar-refractivity contribution in [1.82, 2.24) is 19.5 Å². The van der Waals surface area contributed by atoms with Gasteiger partial charge in [-0.1, -0.05) is 17.7 Å². The highest BCUT2D eigenvalue weighted by Gasteiger charge is 2.61. The first-order valence-electron chi connectivity index (χ1n) is 12.1. The summed E-state index contributed by atoms with van der Waals surface area (Å²) in [5.74, 6) is 0.587. The van der Waals surface area contributed by atoms with Gasteiger partial charge in [-0.3, -0.25) is 0 Å². The summed E-state index contributed by atoms with van der Waals surface area (Å²) in [5.41, 5.74) is -0.152. The predicted octanol–water partition coefficient (Wildman–Crippen LogP) is 3.25. The Labute approximate surface area is 223 Å². The molecule has 2 N–H and O–H groups in total. The number of pyridine rings is 1. The Morgan fingerprint density at radius 2 is 1.92 bits per heavy atom. The highest BCUT2D eigenvalue weighted by atomic mass is 35.5. The minimum Gasteiger partial charge on any atom is -0.491 e. The average Bonchev–Trinajstić information content (AvgIpc) is 3.01. The van der Waals surface area contributed by atoms with Crippen LogP contribution in [-0.2, 0) is 24.0 Å². The number of nitrogens with one attached hydrogen (secondary N) is 1. The van der Waals surface area contributed by atoms with Crippen LogP contribution in [0.2, 0.25) is 5.15 Å². The van der Waals surface area contributed by atoms with Crippen LogP contribution in [0.5, 0.6) is 5.75 Å². The molecular formula is C24H26ClF3N4O5S. The van der Waals surface area contributed by atoms with Gasteiger partial charge >= 0.3 is 12.2 Å². The number of thiol groups is 1. The van der Waals surface area contributed by atoms with Crippen molar-refractivity contribution in [2.45, 2.75) is 62.6 Å². The maximum Gasteiger partial charge on any atom is 0.417 e. The van der Waals surface area contributed by atoms with Gasteiger partial charge in [-0.2, -0.15) is 13.2 Å². The van der Waals surface area contributed by atoms with Gasteiger partial charge in [0, 0.05) is 54.4 Å². The SMILES string of the molecule is O=C(N1CCOc2ccc(-c3cnc(Cl)c(CN[SH](=O)=O)c3)cc2C1)N1C2CCC1CC(O)(C(F)(F)F)C2. The molecule has 3 aliphatic heterocycles. The number of hydrogen-bond acceptors (Lipinski definition) is 6. The molecule has 0 radical (unpaired) electrons. The number of hydrogen-bond donors (Lipinski definition) is 3. The summed E-state index contributed by atoms with van der Waals surface area (Å²) in [6, 6.07) is 5.42. The zero-order valence-corrected chi connectivity index (χ0v) is 21.7. The van der Waals surface area contributed by atoms with E-state index >= 15 is 0 Å². The number of carbonyl (C=O) groups excluding carboxylic acids is 1. The van der Waals surface area contributed by atoms with Crippen LogP contribution in [0.4, 0.5) is 18.0 Å². The number of halogens is 4. The van der Waals surface area contributed by atoms with E-state index < -0.39 is 47.6 Å². The Morgan fingerprint density at radius 3 is 2.58 bits per heavy atom. The number of urea groups is 1. The molecule has 0 aliphatic carbocycles. The number of benzene rings is 1. The van der Waals surface area contributed by atoms with E-state index in [1.54, 1.807) is 23.2 Å². The molecule has 2 amide bonds. The van der Waals surface area contributed by atoms with E-state index in [0.29, 0.717) is 35.3 Å². The summed E-state index contributed by atoms with van der Waals surface area (Å²) in [7, 11) is -2.80. The number of fused-ring (bicyclic) bond motifs is 3. The molecular weight excluding hydrogens is 549 g/mol. The van der Waals surface area contributed by atoms with Crippen molar-refractivity contribution in [1.29, 1.82) is 0 Å². The number of aliphatic hydroxyl groups is 1. The van der Waals surface area contributed by atoms with Crippen molar-refractivity contribution >= 4 is 28.5 Å². The Hall–Kier alpha value is -2.61. The molecule has 38 heavy (non-hydrogen) atoms. The highest BCUT2D eigenvalue weighted by Crippen LogP contribution is 2.48. The minimum atomic E-state index is -4.74. The van der Waals surface area contributed by atoms with Gasteiger partial charge in [0.2, 0.25) is 10.9 Å². The van der Waals surface area contributed by atoms with Gasteiger partial charge < -0.3 is 19.6 Å². The Bertz CT molecular complexity index is 1300. The van der Waals surface area contributed by atoms with Crippen molar-refractivity contribution in [3.63, 3.8) is 0 Å². The lowest BCUT2D eigenvalue weighted by Gasteiger charge is -2.45. The average molecular weight is 575 g/mol. The summed E-state index contributed by atoms with van der Waals surface area (Å²) in [6.07, 6.45) is -3.40. The van der Waals surface area contributed by atoms with E-state index in [1.165, 1.54) is 4.90 Å². The van der Waals surface area contributed by atoms with Gasteiger partial charge in [0.15, 0.2) is 5.60 Å². The third kappa shape index (κ3) is 5.16. The van der Waals surface area contributed by atoms with Crippen LogP contribution in [0, 0.1) is 0 Å². The summed E-state index contributed by atoms with van der Waals surface area (Å²) < 4.78 is 70.4. The van der Waals surface area contributed by atoms with Crippen molar-refractivity contribution in [3.8, 4) is 16.9 Å². The van der Waals surface area contributed by atoms with Gasteiger partial charge in [0.1, 0.15) is 17.5 Å². The van der Waals surface area contributed by atoms with Crippen LogP contribution >= 0.6 is 11.6 Å². The second-order valence-corrected chi connectivity index (χ2v) is 11.1. The summed E-state index contributed by atoms with van der Waals surface area (Å²) >= 11 is 6.11. The molecule has 5 rings (SSSR count). The van der Waals surface area contributed by atoms with Crippen molar-refractivity contribution in [2.75, 3.05) is 13.2 Å². The van der Waals surface area contributed by atoms with E-state index in [2.05, 4.69) is 9.71 Å².